The quantitative estimate of drug-likeness (QED) is 0.502. The highest BCUT2D eigenvalue weighted by atomic mass is 35.5. The van der Waals surface area contributed by atoms with Gasteiger partial charge in [0.25, 0.3) is 0 Å². The van der Waals surface area contributed by atoms with Gasteiger partial charge in [0.2, 0.25) is 0 Å². The molecule has 0 bridgehead atoms. The van der Waals surface area contributed by atoms with Crippen molar-refractivity contribution in [3.8, 4) is 0 Å². The Morgan fingerprint density at radius 1 is 1.11 bits per heavy atom. The Morgan fingerprint density at radius 2 is 1.84 bits per heavy atom. The molecule has 1 aromatic heterocycles. The van der Waals surface area contributed by atoms with Crippen LogP contribution < -0.4 is 0 Å². The Bertz CT molecular complexity index is 737. The van der Waals surface area contributed by atoms with E-state index in [1.165, 1.54) is 11.8 Å². The van der Waals surface area contributed by atoms with Crippen LogP contribution in [0.4, 0.5) is 0 Å². The molecule has 2 aromatic carbocycles. The Labute approximate surface area is 124 Å². The van der Waals surface area contributed by atoms with E-state index < -0.39 is 0 Å². The third-order valence-electron chi connectivity index (χ3n) is 2.54. The molecule has 0 aliphatic rings. The van der Waals surface area contributed by atoms with Crippen molar-refractivity contribution in [1.82, 2.24) is 15.0 Å². The fourth-order valence-corrected chi connectivity index (χ4v) is 2.90. The number of nitrogens with zero attached hydrogens (tertiary/aromatic N) is 3. The maximum atomic E-state index is 5.86. The van der Waals surface area contributed by atoms with Crippen LogP contribution in [0.5, 0.6) is 0 Å². The highest BCUT2D eigenvalue weighted by Gasteiger charge is 2.09. The first-order chi connectivity index (χ1) is 9.24. The van der Waals surface area contributed by atoms with Gasteiger partial charge in [0.15, 0.2) is 4.32 Å². The van der Waals surface area contributed by atoms with Crippen molar-refractivity contribution in [1.29, 1.82) is 0 Å². The molecule has 0 N–H and O–H groups in total. The van der Waals surface area contributed by atoms with E-state index in [9.17, 15) is 0 Å². The summed E-state index contributed by atoms with van der Waals surface area (Å²) in [6, 6.07) is 15.3. The van der Waals surface area contributed by atoms with Gasteiger partial charge in [0, 0.05) is 9.92 Å². The van der Waals surface area contributed by atoms with Gasteiger partial charge < -0.3 is 0 Å². The van der Waals surface area contributed by atoms with Gasteiger partial charge in [-0.25, -0.2) is 0 Å². The zero-order chi connectivity index (χ0) is 13.2. The molecule has 0 aliphatic heterocycles. The predicted molar refractivity (Wildman–Crippen MR) is 82.8 cm³/mol. The highest BCUT2D eigenvalue weighted by molar-refractivity contribution is 8.23. The van der Waals surface area contributed by atoms with Crippen molar-refractivity contribution < 1.29 is 0 Å². The summed E-state index contributed by atoms with van der Waals surface area (Å²) in [6.07, 6.45) is 0. The fourth-order valence-electron chi connectivity index (χ4n) is 1.65. The zero-order valence-electron chi connectivity index (χ0n) is 9.65. The summed E-state index contributed by atoms with van der Waals surface area (Å²) in [5.74, 6) is 0. The van der Waals surface area contributed by atoms with Crippen LogP contribution in [0.2, 0.25) is 5.02 Å². The van der Waals surface area contributed by atoms with Crippen LogP contribution in [0, 0.1) is 0 Å². The lowest BCUT2D eigenvalue weighted by molar-refractivity contribution is 0.880. The van der Waals surface area contributed by atoms with Crippen LogP contribution in [-0.4, -0.2) is 19.3 Å². The number of rotatable bonds is 1. The van der Waals surface area contributed by atoms with Gasteiger partial charge in [0.05, 0.1) is 5.52 Å². The second-order valence-electron chi connectivity index (χ2n) is 3.81. The molecule has 3 rings (SSSR count). The Morgan fingerprint density at radius 3 is 2.63 bits per heavy atom. The van der Waals surface area contributed by atoms with E-state index in [2.05, 4.69) is 10.3 Å². The molecule has 3 aromatic rings. The largest absolute Gasteiger partial charge is 0.195 e. The number of benzene rings is 2. The van der Waals surface area contributed by atoms with Gasteiger partial charge in [0.1, 0.15) is 5.52 Å². The number of hydrogen-bond donors (Lipinski definition) is 0. The third kappa shape index (κ3) is 2.63. The zero-order valence-corrected chi connectivity index (χ0v) is 12.0. The van der Waals surface area contributed by atoms with Gasteiger partial charge in [-0.1, -0.05) is 40.7 Å². The third-order valence-corrected chi connectivity index (χ3v) is 4.07. The number of thioether (sulfide) groups is 1. The molecule has 0 amide bonds. The summed E-state index contributed by atoms with van der Waals surface area (Å²) in [4.78, 5) is 1.02. The number of thiocarbonyl (C=S) groups is 1. The molecular formula is C13H8ClN3S2. The van der Waals surface area contributed by atoms with Crippen molar-refractivity contribution in [2.24, 2.45) is 0 Å². The molecule has 0 saturated heterocycles. The second kappa shape index (κ2) is 5.28. The average molecular weight is 306 g/mol. The summed E-state index contributed by atoms with van der Waals surface area (Å²) < 4.78 is 2.31. The van der Waals surface area contributed by atoms with Crippen LogP contribution in [0.3, 0.4) is 0 Å². The summed E-state index contributed by atoms with van der Waals surface area (Å²) in [6.45, 7) is 0. The lowest BCUT2D eigenvalue weighted by Crippen LogP contribution is -2.06. The van der Waals surface area contributed by atoms with Crippen LogP contribution in [-0.2, 0) is 0 Å². The molecule has 0 unspecified atom stereocenters. The SMILES string of the molecule is S=C(Sc1ccc(Cl)cc1)n1nnc2ccccc21. The molecule has 94 valence electrons. The molecule has 1 heterocycles. The minimum absolute atomic E-state index is 0.635. The van der Waals surface area contributed by atoms with E-state index in [1.807, 2.05) is 48.5 Å². The second-order valence-corrected chi connectivity index (χ2v) is 5.96. The van der Waals surface area contributed by atoms with Crippen molar-refractivity contribution in [2.45, 2.75) is 4.90 Å². The van der Waals surface area contributed by atoms with E-state index in [0.717, 1.165) is 15.9 Å². The molecule has 6 heteroatoms. The topological polar surface area (TPSA) is 30.7 Å². The van der Waals surface area contributed by atoms with Gasteiger partial charge >= 0.3 is 0 Å². The molecular weight excluding hydrogens is 298 g/mol. The van der Waals surface area contributed by atoms with Crippen LogP contribution >= 0.6 is 35.6 Å². The minimum atomic E-state index is 0.635. The first kappa shape index (κ1) is 12.6. The molecule has 0 saturated carbocycles. The minimum Gasteiger partial charge on any atom is -0.195 e. The molecule has 0 fully saturated rings. The van der Waals surface area contributed by atoms with Crippen LogP contribution in [0.25, 0.3) is 11.0 Å². The van der Waals surface area contributed by atoms with E-state index in [4.69, 9.17) is 23.8 Å². The number of para-hydroxylation sites is 1. The number of halogens is 1. The van der Waals surface area contributed by atoms with Gasteiger partial charge in [-0.2, -0.15) is 4.68 Å². The van der Waals surface area contributed by atoms with Crippen LogP contribution in [0.15, 0.2) is 53.4 Å². The molecule has 3 nitrogen and oxygen atoms in total. The van der Waals surface area contributed by atoms with E-state index >= 15 is 0 Å². The molecule has 0 atom stereocenters. The summed E-state index contributed by atoms with van der Waals surface area (Å²) >= 11 is 12.7. The Kier molecular flexibility index (Phi) is 3.50. The molecule has 0 spiro atoms. The maximum absolute atomic E-state index is 5.86. The van der Waals surface area contributed by atoms with Crippen LogP contribution in [0.1, 0.15) is 0 Å². The number of aromatic nitrogens is 3. The van der Waals surface area contributed by atoms with E-state index in [-0.39, 0.29) is 0 Å². The maximum Gasteiger partial charge on any atom is 0.168 e. The summed E-state index contributed by atoms with van der Waals surface area (Å²) in [7, 11) is 0. The normalized spacial score (nSPS) is 10.8. The standard InChI is InChI=1S/C13H8ClN3S2/c14-9-5-7-10(8-6-9)19-13(18)17-12-4-2-1-3-11(12)15-16-17/h1-8H. The molecule has 0 aliphatic carbocycles. The monoisotopic (exact) mass is 305 g/mol. The lowest BCUT2D eigenvalue weighted by atomic mass is 10.3. The first-order valence-electron chi connectivity index (χ1n) is 5.52. The van der Waals surface area contributed by atoms with E-state index in [0.29, 0.717) is 9.34 Å². The lowest BCUT2D eigenvalue weighted by Gasteiger charge is -2.04. The number of fused-ring (bicyclic) bond motifs is 1. The molecule has 0 radical (unpaired) electrons. The highest BCUT2D eigenvalue weighted by Crippen LogP contribution is 2.24. The van der Waals surface area contributed by atoms with Crippen molar-refractivity contribution in [3.63, 3.8) is 0 Å². The van der Waals surface area contributed by atoms with Crippen molar-refractivity contribution >= 4 is 50.9 Å². The first-order valence-corrected chi connectivity index (χ1v) is 7.12. The van der Waals surface area contributed by atoms with Gasteiger partial charge in [-0.15, -0.1) is 5.10 Å². The summed E-state index contributed by atoms with van der Waals surface area (Å²) in [5.41, 5.74) is 1.75. The fraction of sp³-hybridized carbons (Fsp3) is 0. The van der Waals surface area contributed by atoms with Gasteiger partial charge in [-0.3, -0.25) is 0 Å². The molecule has 19 heavy (non-hydrogen) atoms. The Balaban J connectivity index is 1.90. The Hall–Kier alpha value is -1.43. The predicted octanol–water partition coefficient (Wildman–Crippen LogP) is 4.01. The smallest absolute Gasteiger partial charge is 0.168 e. The summed E-state index contributed by atoms with van der Waals surface area (Å²) in [5, 5.41) is 8.88. The van der Waals surface area contributed by atoms with Gasteiger partial charge in [-0.05, 0) is 48.6 Å². The number of hydrogen-bond acceptors (Lipinski definition) is 4. The van der Waals surface area contributed by atoms with Crippen molar-refractivity contribution in [3.05, 3.63) is 53.6 Å². The van der Waals surface area contributed by atoms with Crippen molar-refractivity contribution in [2.75, 3.05) is 0 Å². The van der Waals surface area contributed by atoms with E-state index in [1.54, 1.807) is 4.68 Å². The average Bonchev–Trinajstić information content (AvgIpc) is 2.85.